The Bertz CT molecular complexity index is 822. The van der Waals surface area contributed by atoms with Crippen molar-refractivity contribution in [1.82, 2.24) is 9.88 Å². The number of hydrogen-bond acceptors (Lipinski definition) is 4. The molecule has 3 rings (SSSR count). The van der Waals surface area contributed by atoms with Gasteiger partial charge in [0.2, 0.25) is 11.8 Å². The second-order valence-corrected chi connectivity index (χ2v) is 6.49. The zero-order valence-electron chi connectivity index (χ0n) is 14.9. The monoisotopic (exact) mass is 380 g/mol. The van der Waals surface area contributed by atoms with Crippen molar-refractivity contribution in [3.8, 4) is 22.8 Å². The molecule has 2 heterocycles. The maximum Gasteiger partial charge on any atom is 0.416 e. The molecule has 0 radical (unpaired) electrons. The Morgan fingerprint density at radius 1 is 1.22 bits per heavy atom. The molecule has 1 unspecified atom stereocenters. The van der Waals surface area contributed by atoms with E-state index >= 15 is 0 Å². The number of methoxy groups -OCH3 is 1. The number of hydrogen-bond donors (Lipinski definition) is 0. The van der Waals surface area contributed by atoms with E-state index in [4.69, 9.17) is 9.47 Å². The molecule has 1 aliphatic rings. The first-order valence-corrected chi connectivity index (χ1v) is 8.35. The smallest absolute Gasteiger partial charge is 0.416 e. The minimum Gasteiger partial charge on any atom is -0.493 e. The fourth-order valence-corrected chi connectivity index (χ4v) is 2.97. The maximum atomic E-state index is 13.3. The van der Waals surface area contributed by atoms with E-state index in [-0.39, 0.29) is 24.2 Å². The molecule has 1 atom stereocenters. The van der Waals surface area contributed by atoms with Gasteiger partial charge in [-0.1, -0.05) is 0 Å². The van der Waals surface area contributed by atoms with Crippen molar-refractivity contribution in [2.75, 3.05) is 27.3 Å². The van der Waals surface area contributed by atoms with E-state index in [0.717, 1.165) is 12.1 Å². The number of ether oxygens (including phenoxy) is 2. The number of aromatic nitrogens is 1. The Kier molecular flexibility index (Phi) is 5.25. The van der Waals surface area contributed by atoms with Crippen molar-refractivity contribution < 1.29 is 27.4 Å². The van der Waals surface area contributed by atoms with E-state index in [1.54, 1.807) is 30.1 Å². The van der Waals surface area contributed by atoms with Gasteiger partial charge in [0.15, 0.2) is 0 Å². The predicted octanol–water partition coefficient (Wildman–Crippen LogP) is 3.63. The molecule has 1 amide bonds. The molecule has 0 spiro atoms. The van der Waals surface area contributed by atoms with Crippen LogP contribution in [0.2, 0.25) is 0 Å². The normalized spacial score (nSPS) is 17.3. The van der Waals surface area contributed by atoms with Crippen molar-refractivity contribution in [2.24, 2.45) is 5.92 Å². The molecule has 8 heteroatoms. The number of benzene rings is 1. The molecule has 2 aromatic rings. The highest BCUT2D eigenvalue weighted by molar-refractivity contribution is 5.78. The second kappa shape index (κ2) is 7.46. The highest BCUT2D eigenvalue weighted by atomic mass is 19.4. The summed E-state index contributed by atoms with van der Waals surface area (Å²) in [5.41, 5.74) is 0.0579. The Labute approximate surface area is 154 Å². The molecule has 0 saturated carbocycles. The third kappa shape index (κ3) is 4.50. The molecule has 1 aromatic heterocycles. The Morgan fingerprint density at radius 2 is 2.00 bits per heavy atom. The van der Waals surface area contributed by atoms with Crippen LogP contribution < -0.4 is 9.47 Å². The molecule has 1 aliphatic heterocycles. The van der Waals surface area contributed by atoms with Crippen LogP contribution in [0.3, 0.4) is 0 Å². The van der Waals surface area contributed by atoms with Gasteiger partial charge in [-0.15, -0.1) is 0 Å². The van der Waals surface area contributed by atoms with Crippen LogP contribution in [0, 0.1) is 5.92 Å². The summed E-state index contributed by atoms with van der Waals surface area (Å²) in [6.45, 7) is 0.713. The summed E-state index contributed by atoms with van der Waals surface area (Å²) >= 11 is 0. The van der Waals surface area contributed by atoms with E-state index in [1.165, 1.54) is 13.3 Å². The average molecular weight is 380 g/mol. The van der Waals surface area contributed by atoms with Gasteiger partial charge in [-0.25, -0.2) is 4.98 Å². The fraction of sp³-hybridized carbons (Fsp3) is 0.368. The zero-order valence-corrected chi connectivity index (χ0v) is 14.9. The van der Waals surface area contributed by atoms with Crippen molar-refractivity contribution in [1.29, 1.82) is 0 Å². The van der Waals surface area contributed by atoms with Crippen molar-refractivity contribution in [2.45, 2.75) is 12.6 Å². The first-order chi connectivity index (χ1) is 12.8. The molecule has 0 N–H and O–H groups in total. The predicted molar refractivity (Wildman–Crippen MR) is 92.5 cm³/mol. The summed E-state index contributed by atoms with van der Waals surface area (Å²) in [4.78, 5) is 17.2. The van der Waals surface area contributed by atoms with Gasteiger partial charge >= 0.3 is 6.18 Å². The SMILES string of the molecule is COc1ccc(-c2cc(OCC3CC(=O)N(C)C3)cc(C(F)(F)F)c2)cn1. The number of alkyl halides is 3. The lowest BCUT2D eigenvalue weighted by atomic mass is 10.0. The van der Waals surface area contributed by atoms with Gasteiger partial charge in [-0.2, -0.15) is 13.2 Å². The molecule has 27 heavy (non-hydrogen) atoms. The summed E-state index contributed by atoms with van der Waals surface area (Å²) in [7, 11) is 3.16. The van der Waals surface area contributed by atoms with Crippen LogP contribution in [0.15, 0.2) is 36.5 Å². The largest absolute Gasteiger partial charge is 0.493 e. The summed E-state index contributed by atoms with van der Waals surface area (Å²) in [5, 5.41) is 0. The molecule has 5 nitrogen and oxygen atoms in total. The standard InChI is InChI=1S/C19H19F3N2O3/c1-24-10-12(5-18(24)25)11-27-16-7-14(6-15(8-16)19(20,21)22)13-3-4-17(26-2)23-9-13/h3-4,6-9,12H,5,10-11H2,1-2H3. The summed E-state index contributed by atoms with van der Waals surface area (Å²) in [6, 6.07) is 6.79. The molecule has 1 saturated heterocycles. The number of pyridine rings is 1. The van der Waals surface area contributed by atoms with Crippen LogP contribution in [0.5, 0.6) is 11.6 Å². The molecular formula is C19H19F3N2O3. The first-order valence-electron chi connectivity index (χ1n) is 8.35. The number of likely N-dealkylation sites (tertiary alicyclic amines) is 1. The van der Waals surface area contributed by atoms with E-state index in [2.05, 4.69) is 4.98 Å². The molecule has 1 aromatic carbocycles. The van der Waals surface area contributed by atoms with E-state index in [9.17, 15) is 18.0 Å². The lowest BCUT2D eigenvalue weighted by molar-refractivity contribution is -0.137. The van der Waals surface area contributed by atoms with Crippen LogP contribution in [0.4, 0.5) is 13.2 Å². The third-order valence-corrected chi connectivity index (χ3v) is 4.42. The number of carbonyl (C=O) groups is 1. The number of amides is 1. The van der Waals surface area contributed by atoms with E-state index in [0.29, 0.717) is 30.0 Å². The van der Waals surface area contributed by atoms with Crippen LogP contribution in [0.1, 0.15) is 12.0 Å². The highest BCUT2D eigenvalue weighted by Crippen LogP contribution is 2.36. The zero-order chi connectivity index (χ0) is 19.6. The number of nitrogens with zero attached hydrogens (tertiary/aromatic N) is 2. The Morgan fingerprint density at radius 3 is 2.56 bits per heavy atom. The fourth-order valence-electron chi connectivity index (χ4n) is 2.97. The topological polar surface area (TPSA) is 51.7 Å². The minimum absolute atomic E-state index is 0.0117. The van der Waals surface area contributed by atoms with Crippen molar-refractivity contribution in [3.63, 3.8) is 0 Å². The Balaban J connectivity index is 1.85. The molecular weight excluding hydrogens is 361 g/mol. The summed E-state index contributed by atoms with van der Waals surface area (Å²) < 4.78 is 50.4. The van der Waals surface area contributed by atoms with Gasteiger partial charge in [-0.3, -0.25) is 4.79 Å². The van der Waals surface area contributed by atoms with Crippen LogP contribution in [-0.4, -0.2) is 43.1 Å². The van der Waals surface area contributed by atoms with Gasteiger partial charge in [0.25, 0.3) is 0 Å². The molecule has 1 fully saturated rings. The second-order valence-electron chi connectivity index (χ2n) is 6.49. The van der Waals surface area contributed by atoms with Crippen LogP contribution >= 0.6 is 0 Å². The molecule has 0 aliphatic carbocycles. The number of carbonyl (C=O) groups excluding carboxylic acids is 1. The van der Waals surface area contributed by atoms with Crippen LogP contribution in [-0.2, 0) is 11.0 Å². The lowest BCUT2D eigenvalue weighted by Crippen LogP contribution is -2.20. The summed E-state index contributed by atoms with van der Waals surface area (Å²) in [5.74, 6) is 0.454. The minimum atomic E-state index is -4.50. The first kappa shape index (κ1) is 19.0. The van der Waals surface area contributed by atoms with E-state index in [1.807, 2.05) is 0 Å². The molecule has 0 bridgehead atoms. The van der Waals surface area contributed by atoms with Gasteiger partial charge in [-0.05, 0) is 29.8 Å². The van der Waals surface area contributed by atoms with Crippen molar-refractivity contribution in [3.05, 3.63) is 42.1 Å². The third-order valence-electron chi connectivity index (χ3n) is 4.42. The lowest BCUT2D eigenvalue weighted by Gasteiger charge is -2.15. The Hall–Kier alpha value is -2.77. The average Bonchev–Trinajstić information content (AvgIpc) is 2.97. The van der Waals surface area contributed by atoms with Crippen molar-refractivity contribution >= 4 is 5.91 Å². The van der Waals surface area contributed by atoms with Gasteiger partial charge in [0.1, 0.15) is 5.75 Å². The number of rotatable bonds is 5. The summed E-state index contributed by atoms with van der Waals surface area (Å²) in [6.07, 6.45) is -2.72. The molecule has 144 valence electrons. The number of halogens is 3. The maximum absolute atomic E-state index is 13.3. The van der Waals surface area contributed by atoms with Gasteiger partial charge in [0.05, 0.1) is 19.3 Å². The van der Waals surface area contributed by atoms with E-state index < -0.39 is 11.7 Å². The quantitative estimate of drug-likeness (QED) is 0.795. The highest BCUT2D eigenvalue weighted by Gasteiger charge is 2.32. The van der Waals surface area contributed by atoms with Gasteiger partial charge < -0.3 is 14.4 Å². The van der Waals surface area contributed by atoms with Crippen LogP contribution in [0.25, 0.3) is 11.1 Å². The van der Waals surface area contributed by atoms with Gasteiger partial charge in [0, 0.05) is 43.8 Å².